The van der Waals surface area contributed by atoms with Crippen LogP contribution in [0, 0.1) is 37.5 Å². The Balaban J connectivity index is 1.38. The first-order chi connectivity index (χ1) is 12.8. The summed E-state index contributed by atoms with van der Waals surface area (Å²) in [6, 6.07) is 3.78. The van der Waals surface area contributed by atoms with Crippen LogP contribution in [0.5, 0.6) is 0 Å². The van der Waals surface area contributed by atoms with E-state index in [4.69, 9.17) is 9.47 Å². The first-order valence-corrected chi connectivity index (χ1v) is 10.6. The number of hydrogen-bond acceptors (Lipinski definition) is 5. The molecule has 0 radical (unpaired) electrons. The van der Waals surface area contributed by atoms with E-state index < -0.39 is 23.7 Å². The third-order valence-corrected chi connectivity index (χ3v) is 7.97. The van der Waals surface area contributed by atoms with Crippen molar-refractivity contribution in [2.45, 2.75) is 31.2 Å². The summed E-state index contributed by atoms with van der Waals surface area (Å²) in [5, 5.41) is 2.77. The maximum absolute atomic E-state index is 12.6. The van der Waals surface area contributed by atoms with Crippen molar-refractivity contribution in [3.63, 3.8) is 0 Å². The van der Waals surface area contributed by atoms with Gasteiger partial charge in [0.2, 0.25) is 0 Å². The number of carbonyl (C=O) groups is 3. The predicted molar refractivity (Wildman–Crippen MR) is 104 cm³/mol. The van der Waals surface area contributed by atoms with E-state index in [2.05, 4.69) is 37.2 Å². The molecule has 1 aromatic rings. The molecule has 1 amide bonds. The number of esters is 2. The maximum Gasteiger partial charge on any atom is 0.310 e. The lowest BCUT2D eigenvalue weighted by molar-refractivity contribution is -0.157. The number of benzene rings is 1. The minimum atomic E-state index is -0.532. The number of alkyl halides is 1. The summed E-state index contributed by atoms with van der Waals surface area (Å²) in [6.07, 6.45) is 0.642. The van der Waals surface area contributed by atoms with Gasteiger partial charge >= 0.3 is 11.9 Å². The summed E-state index contributed by atoms with van der Waals surface area (Å²) < 4.78 is 11.6. The van der Waals surface area contributed by atoms with E-state index >= 15 is 0 Å². The number of amides is 1. The van der Waals surface area contributed by atoms with Gasteiger partial charge in [-0.3, -0.25) is 14.4 Å². The van der Waals surface area contributed by atoms with Gasteiger partial charge in [-0.15, -0.1) is 0 Å². The topological polar surface area (TPSA) is 81.7 Å². The highest BCUT2D eigenvalue weighted by molar-refractivity contribution is 9.10. The number of halogens is 2. The van der Waals surface area contributed by atoms with Crippen molar-refractivity contribution in [2.75, 3.05) is 11.9 Å². The third-order valence-electron chi connectivity index (χ3n) is 5.92. The molecule has 6 nitrogen and oxygen atoms in total. The zero-order valence-corrected chi connectivity index (χ0v) is 18.0. The van der Waals surface area contributed by atoms with Gasteiger partial charge in [0.1, 0.15) is 6.10 Å². The minimum Gasteiger partial charge on any atom is -0.461 e. The summed E-state index contributed by atoms with van der Waals surface area (Å²) in [4.78, 5) is 36.9. The second kappa shape index (κ2) is 6.88. The first-order valence-electron chi connectivity index (χ1n) is 8.85. The van der Waals surface area contributed by atoms with Crippen molar-refractivity contribution >= 4 is 55.4 Å². The molecule has 0 spiro atoms. The second-order valence-corrected chi connectivity index (χ2v) is 9.44. The fraction of sp³-hybridized carbons (Fsp3) is 0.526. The van der Waals surface area contributed by atoms with Crippen LogP contribution in [0.3, 0.4) is 0 Å². The smallest absolute Gasteiger partial charge is 0.310 e. The van der Waals surface area contributed by atoms with Gasteiger partial charge in [0.05, 0.1) is 16.7 Å². The van der Waals surface area contributed by atoms with Crippen LogP contribution in [0.25, 0.3) is 0 Å². The van der Waals surface area contributed by atoms with Crippen LogP contribution in [0.2, 0.25) is 0 Å². The standard InChI is InChI=1S/C19H19Br2NO5/c1-7-4-12(8(2)3-11(7)20)22-13(23)6-26-18(24)14-9-5-10-15(14)19(25)27-17(10)16(9)21/h3-4,9-10,14-17H,5-6H2,1-2H3,(H,22,23)/t9-,10-,14-,15-,16+,17+/m1/s1. The molecule has 6 atom stereocenters. The molecule has 0 unspecified atom stereocenters. The molecule has 8 heteroatoms. The SMILES string of the molecule is Cc1cc(NC(=O)COC(=O)[C@@H]2[C@H]3C[C@H]4[C@H](OC(=O)[C@H]42)[C@H]3Br)c(C)cc1Br. The molecular weight excluding hydrogens is 482 g/mol. The summed E-state index contributed by atoms with van der Waals surface area (Å²) in [5.74, 6) is -2.08. The van der Waals surface area contributed by atoms with Gasteiger partial charge in [-0.05, 0) is 49.4 Å². The molecule has 2 aliphatic carbocycles. The summed E-state index contributed by atoms with van der Waals surface area (Å²) in [6.45, 7) is 3.44. The largest absolute Gasteiger partial charge is 0.461 e. The molecule has 1 aliphatic heterocycles. The van der Waals surface area contributed by atoms with Gasteiger partial charge in [-0.2, -0.15) is 0 Å². The van der Waals surface area contributed by atoms with Gasteiger partial charge in [0, 0.05) is 16.1 Å². The zero-order valence-electron chi connectivity index (χ0n) is 14.8. The van der Waals surface area contributed by atoms with E-state index in [-0.39, 0.29) is 35.3 Å². The monoisotopic (exact) mass is 499 g/mol. The molecule has 3 aliphatic rings. The van der Waals surface area contributed by atoms with E-state index in [1.807, 2.05) is 26.0 Å². The van der Waals surface area contributed by atoms with Gasteiger partial charge in [-0.25, -0.2) is 0 Å². The Labute approximate surface area is 173 Å². The molecule has 2 saturated carbocycles. The number of anilines is 1. The molecule has 27 heavy (non-hydrogen) atoms. The quantitative estimate of drug-likeness (QED) is 0.507. The van der Waals surface area contributed by atoms with Gasteiger partial charge in [-0.1, -0.05) is 31.9 Å². The van der Waals surface area contributed by atoms with Crippen LogP contribution < -0.4 is 5.32 Å². The lowest BCUT2D eigenvalue weighted by atomic mass is 9.80. The van der Waals surface area contributed by atoms with Crippen LogP contribution in [0.15, 0.2) is 16.6 Å². The molecule has 1 heterocycles. The molecule has 3 fully saturated rings. The highest BCUT2D eigenvalue weighted by atomic mass is 79.9. The predicted octanol–water partition coefficient (Wildman–Crippen LogP) is 3.12. The van der Waals surface area contributed by atoms with Gasteiger partial charge < -0.3 is 14.8 Å². The third kappa shape index (κ3) is 3.10. The second-order valence-electron chi connectivity index (χ2n) is 7.53. The molecule has 1 saturated heterocycles. The van der Waals surface area contributed by atoms with Crippen LogP contribution in [0.1, 0.15) is 17.5 Å². The number of ether oxygens (including phenoxy) is 2. The Morgan fingerprint density at radius 3 is 2.74 bits per heavy atom. The first kappa shape index (κ1) is 18.9. The lowest BCUT2D eigenvalue weighted by Crippen LogP contribution is -2.39. The number of fused-ring (bicyclic) bond motifs is 1. The fourth-order valence-corrected chi connectivity index (χ4v) is 6.13. The number of nitrogens with one attached hydrogen (secondary N) is 1. The van der Waals surface area contributed by atoms with E-state index in [1.165, 1.54) is 0 Å². The Bertz CT molecular complexity index is 842. The van der Waals surface area contributed by atoms with E-state index in [0.29, 0.717) is 5.69 Å². The van der Waals surface area contributed by atoms with Crippen LogP contribution in [0.4, 0.5) is 5.69 Å². The van der Waals surface area contributed by atoms with Crippen LogP contribution in [-0.4, -0.2) is 35.4 Å². The Hall–Kier alpha value is -1.41. The van der Waals surface area contributed by atoms with Crippen molar-refractivity contribution in [1.29, 1.82) is 0 Å². The number of rotatable bonds is 4. The van der Waals surface area contributed by atoms with Crippen molar-refractivity contribution < 1.29 is 23.9 Å². The number of carbonyl (C=O) groups excluding carboxylic acids is 3. The minimum absolute atomic E-state index is 0.0170. The molecule has 4 rings (SSSR count). The Morgan fingerprint density at radius 1 is 1.26 bits per heavy atom. The highest BCUT2D eigenvalue weighted by Crippen LogP contribution is 2.60. The summed E-state index contributed by atoms with van der Waals surface area (Å²) in [5.41, 5.74) is 2.58. The lowest BCUT2D eigenvalue weighted by Gasteiger charge is -2.26. The molecule has 0 aromatic heterocycles. The molecule has 1 aromatic carbocycles. The van der Waals surface area contributed by atoms with Crippen molar-refractivity contribution in [3.05, 3.63) is 27.7 Å². The van der Waals surface area contributed by atoms with E-state index in [0.717, 1.165) is 22.0 Å². The van der Waals surface area contributed by atoms with Crippen LogP contribution >= 0.6 is 31.9 Å². The van der Waals surface area contributed by atoms with Crippen molar-refractivity contribution in [1.82, 2.24) is 0 Å². The van der Waals surface area contributed by atoms with E-state index in [1.54, 1.807) is 0 Å². The molecule has 144 valence electrons. The van der Waals surface area contributed by atoms with E-state index in [9.17, 15) is 14.4 Å². The zero-order chi connectivity index (χ0) is 19.5. The normalized spacial score (nSPS) is 33.1. The average molecular weight is 501 g/mol. The molecule has 1 N–H and O–H groups in total. The summed E-state index contributed by atoms with van der Waals surface area (Å²) in [7, 11) is 0. The molecule has 2 bridgehead atoms. The number of aryl methyl sites for hydroxylation is 2. The fourth-order valence-electron chi connectivity index (χ4n) is 4.63. The van der Waals surface area contributed by atoms with Crippen LogP contribution in [-0.2, 0) is 23.9 Å². The van der Waals surface area contributed by atoms with Crippen molar-refractivity contribution in [2.24, 2.45) is 23.7 Å². The number of hydrogen-bond donors (Lipinski definition) is 1. The van der Waals surface area contributed by atoms with Crippen molar-refractivity contribution in [3.8, 4) is 0 Å². The average Bonchev–Trinajstić information content (AvgIpc) is 3.22. The highest BCUT2D eigenvalue weighted by Gasteiger charge is 2.68. The Morgan fingerprint density at radius 2 is 2.00 bits per heavy atom. The van der Waals surface area contributed by atoms with Gasteiger partial charge in [0.25, 0.3) is 5.91 Å². The summed E-state index contributed by atoms with van der Waals surface area (Å²) >= 11 is 7.01. The maximum atomic E-state index is 12.6. The molecular formula is C19H19Br2NO5. The Kier molecular flexibility index (Phi) is 4.83. The van der Waals surface area contributed by atoms with Gasteiger partial charge in [0.15, 0.2) is 6.61 Å².